The summed E-state index contributed by atoms with van der Waals surface area (Å²) in [5, 5.41) is 18.6. The van der Waals surface area contributed by atoms with Gasteiger partial charge in [0.1, 0.15) is 11.5 Å². The van der Waals surface area contributed by atoms with E-state index in [0.29, 0.717) is 55.3 Å². The molecule has 2 aromatic heterocycles. The van der Waals surface area contributed by atoms with Crippen LogP contribution >= 0.6 is 0 Å². The molecule has 12 nitrogen and oxygen atoms in total. The first kappa shape index (κ1) is 24.8. The van der Waals surface area contributed by atoms with Crippen molar-refractivity contribution in [2.75, 3.05) is 41.9 Å². The van der Waals surface area contributed by atoms with Gasteiger partial charge in [0.05, 0.1) is 24.4 Å². The number of nitro benzene ring substituents is 1. The van der Waals surface area contributed by atoms with E-state index in [4.69, 9.17) is 9.15 Å². The lowest BCUT2D eigenvalue weighted by molar-refractivity contribution is -0.384. The number of ether oxygens (including phenoxy) is 1. The Morgan fingerprint density at radius 3 is 2.66 bits per heavy atom. The minimum absolute atomic E-state index is 0.00744. The van der Waals surface area contributed by atoms with Gasteiger partial charge in [-0.1, -0.05) is 24.3 Å². The summed E-state index contributed by atoms with van der Waals surface area (Å²) in [7, 11) is 0. The van der Waals surface area contributed by atoms with E-state index in [1.165, 1.54) is 18.3 Å². The fraction of sp³-hybridized carbons (Fsp3) is 0.231. The van der Waals surface area contributed by atoms with Gasteiger partial charge in [-0.05, 0) is 43.2 Å². The van der Waals surface area contributed by atoms with Crippen LogP contribution in [0.2, 0.25) is 0 Å². The van der Waals surface area contributed by atoms with Crippen LogP contribution in [0.1, 0.15) is 16.9 Å². The van der Waals surface area contributed by atoms with E-state index in [1.807, 2.05) is 36.9 Å². The number of rotatable bonds is 8. The van der Waals surface area contributed by atoms with Crippen molar-refractivity contribution in [3.05, 3.63) is 81.6 Å². The first-order valence-corrected chi connectivity index (χ1v) is 12.0. The molecule has 0 aliphatic carbocycles. The number of aromatic nitrogens is 3. The van der Waals surface area contributed by atoms with Gasteiger partial charge >= 0.3 is 0 Å². The van der Waals surface area contributed by atoms with E-state index >= 15 is 0 Å². The zero-order valence-electron chi connectivity index (χ0n) is 20.9. The molecule has 0 radical (unpaired) electrons. The molecule has 0 bridgehead atoms. The number of hydrogen-bond donors (Lipinski definition) is 2. The molecule has 0 saturated carbocycles. The molecule has 2 N–H and O–H groups in total. The summed E-state index contributed by atoms with van der Waals surface area (Å²) in [6.45, 7) is 6.57. The second kappa shape index (κ2) is 11.0. The van der Waals surface area contributed by atoms with Gasteiger partial charge in [-0.15, -0.1) is 0 Å². The summed E-state index contributed by atoms with van der Waals surface area (Å²) in [6.07, 6.45) is 1.48. The summed E-state index contributed by atoms with van der Waals surface area (Å²) in [6, 6.07) is 15.8. The average Bonchev–Trinajstić information content (AvgIpc) is 3.40. The molecule has 1 saturated heterocycles. The summed E-state index contributed by atoms with van der Waals surface area (Å²) < 4.78 is 11.2. The van der Waals surface area contributed by atoms with E-state index in [0.717, 1.165) is 16.8 Å². The SMILES string of the molecule is Cc1ccc(C)c(Nc2nc(NN=Cc3ccc(-c4cccc([N+](=O)[O-])c4)o3)nc(N3CCOCC3)n2)c1. The maximum Gasteiger partial charge on any atom is 0.270 e. The molecular weight excluding hydrogens is 488 g/mol. The average molecular weight is 515 g/mol. The van der Waals surface area contributed by atoms with E-state index < -0.39 is 4.92 Å². The van der Waals surface area contributed by atoms with Crippen molar-refractivity contribution in [2.24, 2.45) is 5.10 Å². The van der Waals surface area contributed by atoms with Crippen LogP contribution in [0.15, 0.2) is 64.1 Å². The number of morpholine rings is 1. The number of hydrazone groups is 1. The maximum absolute atomic E-state index is 11.1. The zero-order chi connectivity index (χ0) is 26.5. The second-order valence-corrected chi connectivity index (χ2v) is 8.70. The van der Waals surface area contributed by atoms with Crippen molar-refractivity contribution < 1.29 is 14.1 Å². The predicted octanol–water partition coefficient (Wildman–Crippen LogP) is 4.68. The van der Waals surface area contributed by atoms with Gasteiger partial charge in [0, 0.05) is 36.5 Å². The first-order valence-electron chi connectivity index (χ1n) is 12.0. The number of benzene rings is 2. The number of hydrogen-bond acceptors (Lipinski definition) is 11. The molecule has 3 heterocycles. The zero-order valence-corrected chi connectivity index (χ0v) is 20.9. The van der Waals surface area contributed by atoms with Crippen LogP contribution in [-0.4, -0.2) is 52.4 Å². The molecule has 1 aliphatic rings. The van der Waals surface area contributed by atoms with Crippen LogP contribution in [0.3, 0.4) is 0 Å². The van der Waals surface area contributed by atoms with Crippen molar-refractivity contribution >= 4 is 35.4 Å². The molecule has 38 heavy (non-hydrogen) atoms. The molecule has 12 heteroatoms. The number of non-ortho nitro benzene ring substituents is 1. The number of nitrogens with zero attached hydrogens (tertiary/aromatic N) is 6. The number of aryl methyl sites for hydroxylation is 2. The Morgan fingerprint density at radius 2 is 1.84 bits per heavy atom. The molecule has 0 atom stereocenters. The van der Waals surface area contributed by atoms with Crippen LogP contribution in [0, 0.1) is 24.0 Å². The minimum Gasteiger partial charge on any atom is -0.455 e. The molecule has 1 fully saturated rings. The Bertz CT molecular complexity index is 1480. The Hall–Kier alpha value is -4.84. The second-order valence-electron chi connectivity index (χ2n) is 8.70. The molecule has 2 aromatic carbocycles. The van der Waals surface area contributed by atoms with Crippen molar-refractivity contribution in [3.63, 3.8) is 0 Å². The van der Waals surface area contributed by atoms with E-state index in [9.17, 15) is 10.1 Å². The normalized spacial score (nSPS) is 13.6. The van der Waals surface area contributed by atoms with Crippen LogP contribution in [0.5, 0.6) is 0 Å². The van der Waals surface area contributed by atoms with Gasteiger partial charge in [-0.3, -0.25) is 10.1 Å². The number of furan rings is 1. The number of nitro groups is 1. The Kier molecular flexibility index (Phi) is 7.22. The third-order valence-electron chi connectivity index (χ3n) is 5.88. The fourth-order valence-electron chi connectivity index (χ4n) is 3.87. The van der Waals surface area contributed by atoms with Gasteiger partial charge < -0.3 is 19.4 Å². The quantitative estimate of drug-likeness (QED) is 0.193. The van der Waals surface area contributed by atoms with Crippen LogP contribution in [0.4, 0.5) is 29.2 Å². The van der Waals surface area contributed by atoms with Gasteiger partial charge in [0.25, 0.3) is 5.69 Å². The molecule has 0 amide bonds. The molecular formula is C26H26N8O4. The van der Waals surface area contributed by atoms with E-state index in [1.54, 1.807) is 24.3 Å². The Morgan fingerprint density at radius 1 is 1.03 bits per heavy atom. The Labute approximate surface area is 218 Å². The number of anilines is 4. The standard InChI is InChI=1S/C26H26N8O4/c1-17-6-7-18(2)22(14-17)28-24-29-25(31-26(30-24)33-10-12-37-13-11-33)32-27-16-21-8-9-23(38-21)19-4-3-5-20(15-19)34(35)36/h3-9,14-16H,10-13H2,1-2H3,(H2,28,29,30,31,32). The molecule has 0 spiro atoms. The smallest absolute Gasteiger partial charge is 0.270 e. The summed E-state index contributed by atoms with van der Waals surface area (Å²) in [5.41, 5.74) is 6.54. The van der Waals surface area contributed by atoms with E-state index in [2.05, 4.69) is 30.8 Å². The highest BCUT2D eigenvalue weighted by Crippen LogP contribution is 2.26. The maximum atomic E-state index is 11.1. The predicted molar refractivity (Wildman–Crippen MR) is 144 cm³/mol. The lowest BCUT2D eigenvalue weighted by Gasteiger charge is -2.27. The van der Waals surface area contributed by atoms with Crippen molar-refractivity contribution in [2.45, 2.75) is 13.8 Å². The van der Waals surface area contributed by atoms with Crippen molar-refractivity contribution in [3.8, 4) is 11.3 Å². The topological polar surface area (TPSA) is 144 Å². The highest BCUT2D eigenvalue weighted by molar-refractivity contribution is 5.78. The first-order chi connectivity index (χ1) is 18.4. The van der Waals surface area contributed by atoms with Gasteiger partial charge in [0.15, 0.2) is 0 Å². The Balaban J connectivity index is 1.35. The largest absolute Gasteiger partial charge is 0.455 e. The summed E-state index contributed by atoms with van der Waals surface area (Å²) >= 11 is 0. The summed E-state index contributed by atoms with van der Waals surface area (Å²) in [4.78, 5) is 26.3. The molecule has 4 aromatic rings. The molecule has 1 aliphatic heterocycles. The van der Waals surface area contributed by atoms with Crippen LogP contribution in [0.25, 0.3) is 11.3 Å². The third-order valence-corrected chi connectivity index (χ3v) is 5.88. The lowest BCUT2D eigenvalue weighted by Crippen LogP contribution is -2.37. The van der Waals surface area contributed by atoms with Crippen molar-refractivity contribution in [1.29, 1.82) is 0 Å². The number of nitrogens with one attached hydrogen (secondary N) is 2. The van der Waals surface area contributed by atoms with Crippen LogP contribution in [-0.2, 0) is 4.74 Å². The molecule has 5 rings (SSSR count). The van der Waals surface area contributed by atoms with E-state index in [-0.39, 0.29) is 11.6 Å². The van der Waals surface area contributed by atoms with Gasteiger partial charge in [0.2, 0.25) is 17.8 Å². The lowest BCUT2D eigenvalue weighted by atomic mass is 10.1. The highest BCUT2D eigenvalue weighted by Gasteiger charge is 2.17. The fourth-order valence-corrected chi connectivity index (χ4v) is 3.87. The van der Waals surface area contributed by atoms with Gasteiger partial charge in [-0.25, -0.2) is 5.43 Å². The van der Waals surface area contributed by atoms with Crippen molar-refractivity contribution in [1.82, 2.24) is 15.0 Å². The highest BCUT2D eigenvalue weighted by atomic mass is 16.6. The molecule has 194 valence electrons. The molecule has 0 unspecified atom stereocenters. The van der Waals surface area contributed by atoms with Crippen LogP contribution < -0.4 is 15.6 Å². The minimum atomic E-state index is -0.442. The third kappa shape index (κ3) is 5.93. The van der Waals surface area contributed by atoms with Gasteiger partial charge in [-0.2, -0.15) is 20.1 Å². The monoisotopic (exact) mass is 514 g/mol. The summed E-state index contributed by atoms with van der Waals surface area (Å²) in [5.74, 6) is 2.11.